The van der Waals surface area contributed by atoms with Gasteiger partial charge < -0.3 is 0 Å². The molecule has 0 aliphatic carbocycles. The van der Waals surface area contributed by atoms with Crippen LogP contribution in [-0.2, 0) is 6.54 Å². The lowest BCUT2D eigenvalue weighted by molar-refractivity contribution is 0.542. The second kappa shape index (κ2) is 9.65. The minimum absolute atomic E-state index is 0.338. The Kier molecular flexibility index (Phi) is 7.21. The quantitative estimate of drug-likeness (QED) is 0.717. The number of H-pyrrole nitrogens is 1. The predicted octanol–water partition coefficient (Wildman–Crippen LogP) is 3.46. The minimum atomic E-state index is -0.357. The van der Waals surface area contributed by atoms with Gasteiger partial charge in [0.15, 0.2) is 0 Å². The molecule has 0 bridgehead atoms. The van der Waals surface area contributed by atoms with Crippen molar-refractivity contribution in [2.45, 2.75) is 52.0 Å². The van der Waals surface area contributed by atoms with Gasteiger partial charge in [-0.2, -0.15) is 0 Å². The Balaban J connectivity index is 2.01. The number of hydrogen-bond donors (Lipinski definition) is 1. The summed E-state index contributed by atoms with van der Waals surface area (Å²) in [5.41, 5.74) is 0.745. The summed E-state index contributed by atoms with van der Waals surface area (Å²) in [5.74, 6) is 0. The van der Waals surface area contributed by atoms with Crippen LogP contribution in [0.25, 0.3) is 12.2 Å². The fraction of sp³-hybridized carbons (Fsp3) is 0.421. The Bertz CT molecular complexity index is 760. The molecule has 128 valence electrons. The zero-order chi connectivity index (χ0) is 17.2. The highest BCUT2D eigenvalue weighted by molar-refractivity contribution is 5.68. The first kappa shape index (κ1) is 17.9. The molecule has 5 nitrogen and oxygen atoms in total. The number of aryl methyl sites for hydroxylation is 1. The summed E-state index contributed by atoms with van der Waals surface area (Å²) in [6.45, 7) is 2.83. The van der Waals surface area contributed by atoms with Crippen molar-refractivity contribution >= 4 is 12.2 Å². The lowest BCUT2D eigenvalue weighted by Gasteiger charge is -2.06. The number of nitrogens with zero attached hydrogens (tertiary/aromatic N) is 2. The second-order valence-electron chi connectivity index (χ2n) is 5.92. The molecule has 0 saturated carbocycles. The highest BCUT2D eigenvalue weighted by Gasteiger charge is 2.02. The Hall–Kier alpha value is -2.43. The second-order valence-corrected chi connectivity index (χ2v) is 5.92. The maximum Gasteiger partial charge on any atom is 0.328 e. The van der Waals surface area contributed by atoms with E-state index in [1.807, 2.05) is 18.2 Å². The van der Waals surface area contributed by atoms with Crippen LogP contribution in [0.5, 0.6) is 0 Å². The van der Waals surface area contributed by atoms with Crippen molar-refractivity contribution in [1.29, 1.82) is 0 Å². The Morgan fingerprint density at radius 2 is 1.75 bits per heavy atom. The minimum Gasteiger partial charge on any atom is -0.300 e. The lowest BCUT2D eigenvalue weighted by atomic mass is 10.1. The summed E-state index contributed by atoms with van der Waals surface area (Å²) >= 11 is 0. The number of nitrogens with one attached hydrogen (secondary N) is 1. The average Bonchev–Trinajstić information content (AvgIpc) is 2.59. The van der Waals surface area contributed by atoms with Crippen LogP contribution < -0.4 is 11.2 Å². The third-order valence-corrected chi connectivity index (χ3v) is 3.95. The van der Waals surface area contributed by atoms with Crippen molar-refractivity contribution < 1.29 is 0 Å². The standard InChI is InChI=1S/C19H25N3O2/c1-2-3-4-5-6-7-14-22-15-17(18(23)21-19(22)24)9-8-16-10-12-20-13-11-16/h8-13,15H,2-7,14H2,1H3,(H,21,23,24)/b9-8-. The first-order valence-corrected chi connectivity index (χ1v) is 8.62. The summed E-state index contributed by atoms with van der Waals surface area (Å²) in [6.07, 6.45) is 15.6. The van der Waals surface area contributed by atoms with Gasteiger partial charge in [0.1, 0.15) is 0 Å². The van der Waals surface area contributed by atoms with E-state index in [-0.39, 0.29) is 11.2 Å². The number of aromatic nitrogens is 3. The molecule has 0 fully saturated rings. The molecule has 2 aromatic rings. The van der Waals surface area contributed by atoms with Crippen molar-refractivity contribution in [3.8, 4) is 0 Å². The van der Waals surface area contributed by atoms with Gasteiger partial charge in [-0.25, -0.2) is 4.79 Å². The third-order valence-electron chi connectivity index (χ3n) is 3.95. The molecule has 2 aromatic heterocycles. The van der Waals surface area contributed by atoms with E-state index in [1.165, 1.54) is 25.7 Å². The van der Waals surface area contributed by atoms with Crippen LogP contribution in [0.4, 0.5) is 0 Å². The molecule has 0 unspecified atom stereocenters. The Morgan fingerprint density at radius 1 is 1.04 bits per heavy atom. The van der Waals surface area contributed by atoms with E-state index in [4.69, 9.17) is 0 Å². The molecule has 0 aromatic carbocycles. The molecule has 2 heterocycles. The fourth-order valence-corrected chi connectivity index (χ4v) is 2.53. The maximum atomic E-state index is 11.9. The van der Waals surface area contributed by atoms with Gasteiger partial charge in [0, 0.05) is 25.1 Å². The van der Waals surface area contributed by atoms with Crippen LogP contribution in [0, 0.1) is 0 Å². The van der Waals surface area contributed by atoms with E-state index in [9.17, 15) is 9.59 Å². The molecule has 5 heteroatoms. The van der Waals surface area contributed by atoms with Crippen LogP contribution in [0.2, 0.25) is 0 Å². The first-order chi connectivity index (χ1) is 11.7. The van der Waals surface area contributed by atoms with E-state index in [1.54, 1.807) is 29.2 Å². The predicted molar refractivity (Wildman–Crippen MR) is 97.9 cm³/mol. The van der Waals surface area contributed by atoms with Gasteiger partial charge in [-0.1, -0.05) is 45.1 Å². The van der Waals surface area contributed by atoms with Gasteiger partial charge in [-0.15, -0.1) is 0 Å². The van der Waals surface area contributed by atoms with Crippen LogP contribution in [0.15, 0.2) is 40.3 Å². The molecule has 0 spiro atoms. The van der Waals surface area contributed by atoms with Crippen LogP contribution in [-0.4, -0.2) is 14.5 Å². The average molecular weight is 327 g/mol. The lowest BCUT2D eigenvalue weighted by Crippen LogP contribution is -2.30. The van der Waals surface area contributed by atoms with Gasteiger partial charge in [0.25, 0.3) is 5.56 Å². The molecule has 0 atom stereocenters. The van der Waals surface area contributed by atoms with Gasteiger partial charge in [-0.3, -0.25) is 19.3 Å². The number of unbranched alkanes of at least 4 members (excludes halogenated alkanes) is 5. The molecule has 0 amide bonds. The number of hydrogen-bond acceptors (Lipinski definition) is 3. The Labute approximate surface area is 142 Å². The normalized spacial score (nSPS) is 11.2. The summed E-state index contributed by atoms with van der Waals surface area (Å²) in [7, 11) is 0. The van der Waals surface area contributed by atoms with E-state index >= 15 is 0 Å². The van der Waals surface area contributed by atoms with Gasteiger partial charge in [0.05, 0.1) is 5.56 Å². The zero-order valence-electron chi connectivity index (χ0n) is 14.2. The number of aromatic amines is 1. The van der Waals surface area contributed by atoms with E-state index in [2.05, 4.69) is 16.9 Å². The molecule has 0 aliphatic rings. The number of rotatable bonds is 9. The summed E-state index contributed by atoms with van der Waals surface area (Å²) in [4.78, 5) is 30.2. The van der Waals surface area contributed by atoms with E-state index in [0.29, 0.717) is 12.1 Å². The van der Waals surface area contributed by atoms with Crippen molar-refractivity contribution in [2.75, 3.05) is 0 Å². The summed E-state index contributed by atoms with van der Waals surface area (Å²) in [6, 6.07) is 3.72. The zero-order valence-corrected chi connectivity index (χ0v) is 14.2. The first-order valence-electron chi connectivity index (χ1n) is 8.62. The molecular formula is C19H25N3O2. The Morgan fingerprint density at radius 3 is 2.50 bits per heavy atom. The molecule has 0 radical (unpaired) electrons. The van der Waals surface area contributed by atoms with Crippen molar-refractivity contribution in [1.82, 2.24) is 14.5 Å². The van der Waals surface area contributed by atoms with Crippen molar-refractivity contribution in [2.24, 2.45) is 0 Å². The fourth-order valence-electron chi connectivity index (χ4n) is 2.53. The van der Waals surface area contributed by atoms with Crippen molar-refractivity contribution in [3.05, 3.63) is 62.7 Å². The van der Waals surface area contributed by atoms with Gasteiger partial charge >= 0.3 is 5.69 Å². The molecular weight excluding hydrogens is 302 g/mol. The molecule has 24 heavy (non-hydrogen) atoms. The summed E-state index contributed by atoms with van der Waals surface area (Å²) < 4.78 is 1.59. The highest BCUT2D eigenvalue weighted by Crippen LogP contribution is 2.06. The number of pyridine rings is 1. The SMILES string of the molecule is CCCCCCCCn1cc(/C=C\c2ccncc2)c(=O)[nH]c1=O. The van der Waals surface area contributed by atoms with Gasteiger partial charge in [-0.05, 0) is 30.2 Å². The maximum absolute atomic E-state index is 11.9. The molecule has 0 saturated heterocycles. The largest absolute Gasteiger partial charge is 0.328 e. The summed E-state index contributed by atoms with van der Waals surface area (Å²) in [5, 5.41) is 0. The molecule has 1 N–H and O–H groups in total. The van der Waals surface area contributed by atoms with Crippen LogP contribution in [0.3, 0.4) is 0 Å². The highest BCUT2D eigenvalue weighted by atomic mass is 16.2. The smallest absolute Gasteiger partial charge is 0.300 e. The molecule has 0 aliphatic heterocycles. The van der Waals surface area contributed by atoms with Gasteiger partial charge in [0.2, 0.25) is 0 Å². The van der Waals surface area contributed by atoms with E-state index in [0.717, 1.165) is 18.4 Å². The third kappa shape index (κ3) is 5.65. The van der Waals surface area contributed by atoms with Crippen LogP contribution in [0.1, 0.15) is 56.6 Å². The monoisotopic (exact) mass is 327 g/mol. The van der Waals surface area contributed by atoms with Crippen LogP contribution >= 0.6 is 0 Å². The van der Waals surface area contributed by atoms with Crippen molar-refractivity contribution in [3.63, 3.8) is 0 Å². The topological polar surface area (TPSA) is 67.8 Å². The molecule has 2 rings (SSSR count). The van der Waals surface area contributed by atoms with E-state index < -0.39 is 0 Å².